The second-order valence-electron chi connectivity index (χ2n) is 7.37. The molecule has 0 heterocycles. The van der Waals surface area contributed by atoms with Crippen molar-refractivity contribution < 1.29 is 9.13 Å². The van der Waals surface area contributed by atoms with Gasteiger partial charge in [-0.1, -0.05) is 48.0 Å². The van der Waals surface area contributed by atoms with Gasteiger partial charge in [-0.15, -0.1) is 6.58 Å². The molecule has 3 heteroatoms. The Bertz CT molecular complexity index is 761. The van der Waals surface area contributed by atoms with Crippen LogP contribution in [0.5, 0.6) is 5.75 Å². The topological polar surface area (TPSA) is 9.23 Å². The molecule has 0 amide bonds. The minimum absolute atomic E-state index is 0.0832. The van der Waals surface area contributed by atoms with Crippen LogP contribution in [0.4, 0.5) is 4.39 Å². The van der Waals surface area contributed by atoms with E-state index in [4.69, 9.17) is 16.3 Å². The van der Waals surface area contributed by atoms with Crippen molar-refractivity contribution in [2.75, 3.05) is 6.61 Å². The van der Waals surface area contributed by atoms with E-state index in [2.05, 4.69) is 36.9 Å². The third-order valence-corrected chi connectivity index (χ3v) is 6.02. The Kier molecular flexibility index (Phi) is 6.95. The molecule has 1 saturated carbocycles. The van der Waals surface area contributed by atoms with Crippen molar-refractivity contribution in [1.29, 1.82) is 0 Å². The summed E-state index contributed by atoms with van der Waals surface area (Å²) in [7, 11) is 0. The highest BCUT2D eigenvalue weighted by atomic mass is 35.5. The van der Waals surface area contributed by atoms with Crippen molar-refractivity contribution in [2.24, 2.45) is 5.92 Å². The first-order valence-corrected chi connectivity index (χ1v) is 10.3. The molecule has 0 aliphatic heterocycles. The maximum Gasteiger partial charge on any atom is 0.148 e. The van der Waals surface area contributed by atoms with Crippen LogP contribution >= 0.6 is 11.6 Å². The lowest BCUT2D eigenvalue weighted by atomic mass is 9.78. The summed E-state index contributed by atoms with van der Waals surface area (Å²) in [4.78, 5) is 0. The Morgan fingerprint density at radius 3 is 2.41 bits per heavy atom. The van der Waals surface area contributed by atoms with Gasteiger partial charge in [0.25, 0.3) is 0 Å². The van der Waals surface area contributed by atoms with E-state index in [0.29, 0.717) is 36.2 Å². The quantitative estimate of drug-likeness (QED) is 0.460. The third kappa shape index (κ3) is 4.93. The van der Waals surface area contributed by atoms with Crippen molar-refractivity contribution in [3.05, 3.63) is 76.6 Å². The molecule has 0 atom stereocenters. The summed E-state index contributed by atoms with van der Waals surface area (Å²) in [5.41, 5.74) is 3.29. The monoisotopic (exact) mass is 386 g/mol. The van der Waals surface area contributed by atoms with Gasteiger partial charge in [0, 0.05) is 0 Å². The number of halogens is 2. The lowest BCUT2D eigenvalue weighted by Crippen LogP contribution is -2.11. The van der Waals surface area contributed by atoms with Crippen LogP contribution in [0, 0.1) is 11.7 Å². The average molecular weight is 387 g/mol. The van der Waals surface area contributed by atoms with Crippen LogP contribution in [0.15, 0.2) is 49.1 Å². The fourth-order valence-corrected chi connectivity index (χ4v) is 4.19. The van der Waals surface area contributed by atoms with Crippen molar-refractivity contribution in [2.45, 2.75) is 51.4 Å². The van der Waals surface area contributed by atoms with Crippen LogP contribution in [0.1, 0.15) is 55.2 Å². The SMILES string of the molecule is C=CC1CCC(c2ccc(CCc3ccc(OCC)c(Cl)c3F)cc2)CC1. The molecule has 0 aromatic heterocycles. The zero-order chi connectivity index (χ0) is 19.2. The van der Waals surface area contributed by atoms with E-state index in [0.717, 1.165) is 6.42 Å². The van der Waals surface area contributed by atoms with Crippen molar-refractivity contribution >= 4 is 11.6 Å². The molecule has 0 spiro atoms. The molecule has 2 aromatic rings. The average Bonchev–Trinajstić information content (AvgIpc) is 2.71. The Labute approximate surface area is 167 Å². The summed E-state index contributed by atoms with van der Waals surface area (Å²) in [6.07, 6.45) is 8.50. The molecule has 0 saturated heterocycles. The molecule has 1 aliphatic rings. The zero-order valence-electron chi connectivity index (χ0n) is 16.0. The highest BCUT2D eigenvalue weighted by Gasteiger charge is 2.20. The van der Waals surface area contributed by atoms with E-state index < -0.39 is 0 Å². The van der Waals surface area contributed by atoms with Crippen LogP contribution < -0.4 is 4.74 Å². The number of hydrogen-bond donors (Lipinski definition) is 0. The van der Waals surface area contributed by atoms with E-state index >= 15 is 0 Å². The van der Waals surface area contributed by atoms with E-state index in [1.54, 1.807) is 12.1 Å². The predicted molar refractivity (Wildman–Crippen MR) is 111 cm³/mol. The highest BCUT2D eigenvalue weighted by Crippen LogP contribution is 2.36. The van der Waals surface area contributed by atoms with Crippen LogP contribution in [0.25, 0.3) is 0 Å². The normalized spacial score (nSPS) is 19.7. The summed E-state index contributed by atoms with van der Waals surface area (Å²) in [5, 5.41) is 0.0832. The summed E-state index contributed by atoms with van der Waals surface area (Å²) in [5.74, 6) is 1.41. The second kappa shape index (κ2) is 9.41. The van der Waals surface area contributed by atoms with Gasteiger partial charge in [-0.2, -0.15) is 0 Å². The summed E-state index contributed by atoms with van der Waals surface area (Å²) in [6, 6.07) is 12.4. The molecule has 27 heavy (non-hydrogen) atoms. The van der Waals surface area contributed by atoms with Gasteiger partial charge in [0.05, 0.1) is 6.61 Å². The Hall–Kier alpha value is -1.80. The van der Waals surface area contributed by atoms with Crippen molar-refractivity contribution in [3.8, 4) is 5.75 Å². The van der Waals surface area contributed by atoms with Crippen LogP contribution in [-0.4, -0.2) is 6.61 Å². The van der Waals surface area contributed by atoms with Gasteiger partial charge in [0.1, 0.15) is 16.6 Å². The molecule has 3 rings (SSSR count). The van der Waals surface area contributed by atoms with Gasteiger partial charge in [0.2, 0.25) is 0 Å². The first-order valence-electron chi connectivity index (χ1n) is 9.93. The van der Waals surface area contributed by atoms with Crippen LogP contribution in [-0.2, 0) is 12.8 Å². The predicted octanol–water partition coefficient (Wildman–Crippen LogP) is 7.12. The Morgan fingerprint density at radius 1 is 1.07 bits per heavy atom. The smallest absolute Gasteiger partial charge is 0.148 e. The number of aryl methyl sites for hydroxylation is 2. The molecular weight excluding hydrogens is 359 g/mol. The number of rotatable bonds is 7. The molecule has 1 nitrogen and oxygen atoms in total. The van der Waals surface area contributed by atoms with Crippen LogP contribution in [0.3, 0.4) is 0 Å². The van der Waals surface area contributed by atoms with Crippen LogP contribution in [0.2, 0.25) is 5.02 Å². The zero-order valence-corrected chi connectivity index (χ0v) is 16.8. The molecule has 1 fully saturated rings. The molecule has 0 radical (unpaired) electrons. The Morgan fingerprint density at radius 2 is 1.78 bits per heavy atom. The summed E-state index contributed by atoms with van der Waals surface area (Å²) >= 11 is 6.08. The molecule has 144 valence electrons. The molecule has 0 N–H and O–H groups in total. The number of ether oxygens (including phenoxy) is 1. The van der Waals surface area contributed by atoms with Gasteiger partial charge >= 0.3 is 0 Å². The van der Waals surface area contributed by atoms with Crippen molar-refractivity contribution in [1.82, 2.24) is 0 Å². The highest BCUT2D eigenvalue weighted by molar-refractivity contribution is 6.32. The van der Waals surface area contributed by atoms with Gasteiger partial charge in [-0.25, -0.2) is 4.39 Å². The van der Waals surface area contributed by atoms with E-state index in [9.17, 15) is 4.39 Å². The maximum absolute atomic E-state index is 14.4. The fourth-order valence-electron chi connectivity index (χ4n) is 3.96. The van der Waals surface area contributed by atoms with Gasteiger partial charge < -0.3 is 4.74 Å². The summed E-state index contributed by atoms with van der Waals surface area (Å²) in [6.45, 7) is 6.25. The lowest BCUT2D eigenvalue weighted by Gasteiger charge is -2.27. The largest absolute Gasteiger partial charge is 0.492 e. The van der Waals surface area contributed by atoms with E-state index in [1.807, 2.05) is 6.92 Å². The first-order chi connectivity index (χ1) is 13.1. The molecule has 0 bridgehead atoms. The van der Waals surface area contributed by atoms with E-state index in [-0.39, 0.29) is 10.8 Å². The van der Waals surface area contributed by atoms with Gasteiger partial charge in [-0.05, 0) is 80.0 Å². The minimum Gasteiger partial charge on any atom is -0.492 e. The lowest BCUT2D eigenvalue weighted by molar-refractivity contribution is 0.338. The number of hydrogen-bond acceptors (Lipinski definition) is 1. The molecular formula is C24H28ClFO. The van der Waals surface area contributed by atoms with E-state index in [1.165, 1.54) is 36.8 Å². The van der Waals surface area contributed by atoms with Crippen molar-refractivity contribution in [3.63, 3.8) is 0 Å². The maximum atomic E-state index is 14.4. The standard InChI is InChI=1S/C24H28ClFO/c1-3-17-5-10-19(11-6-17)20-12-7-18(8-13-20)9-14-21-15-16-22(27-4-2)23(25)24(21)26/h3,7-8,12-13,15-17,19H,1,4-6,9-11,14H2,2H3. The molecule has 2 aromatic carbocycles. The third-order valence-electron chi connectivity index (χ3n) is 5.67. The second-order valence-corrected chi connectivity index (χ2v) is 7.75. The number of allylic oxidation sites excluding steroid dienone is 1. The molecule has 1 aliphatic carbocycles. The van der Waals surface area contributed by atoms with Gasteiger partial charge in [0.15, 0.2) is 0 Å². The fraction of sp³-hybridized carbons (Fsp3) is 0.417. The first kappa shape index (κ1) is 19.9. The minimum atomic E-state index is -0.363. The van der Waals surface area contributed by atoms with Gasteiger partial charge in [-0.3, -0.25) is 0 Å². The molecule has 0 unspecified atom stereocenters. The Balaban J connectivity index is 1.59. The summed E-state index contributed by atoms with van der Waals surface area (Å²) < 4.78 is 19.8. The number of benzene rings is 2.